The van der Waals surface area contributed by atoms with Crippen LogP contribution in [0, 0.1) is 6.92 Å². The Morgan fingerprint density at radius 3 is 2.90 bits per heavy atom. The van der Waals surface area contributed by atoms with E-state index >= 15 is 0 Å². The number of nitrogens with two attached hydrogens (primary N) is 1. The lowest BCUT2D eigenvalue weighted by Crippen LogP contribution is -1.89. The molecule has 0 saturated heterocycles. The van der Waals surface area contributed by atoms with Gasteiger partial charge in [0.25, 0.3) is 0 Å². The van der Waals surface area contributed by atoms with Crippen molar-refractivity contribution in [3.63, 3.8) is 0 Å². The van der Waals surface area contributed by atoms with Crippen LogP contribution in [0.15, 0.2) is 40.2 Å². The average Bonchev–Trinajstić information content (AvgIpc) is 3.04. The van der Waals surface area contributed by atoms with Gasteiger partial charge in [-0.15, -0.1) is 11.3 Å². The molecule has 0 aliphatic rings. The zero-order chi connectivity index (χ0) is 14.1. The van der Waals surface area contributed by atoms with E-state index in [9.17, 15) is 0 Å². The lowest BCUT2D eigenvalue weighted by molar-refractivity contribution is 0.409. The number of nitrogens with zero attached hydrogens (tertiary/aromatic N) is 1. The molecule has 0 unspecified atom stereocenters. The maximum atomic E-state index is 5.98. The molecule has 0 aliphatic carbocycles. The fourth-order valence-corrected chi connectivity index (χ4v) is 3.00. The zero-order valence-corrected chi connectivity index (χ0v) is 12.0. The Balaban J connectivity index is 2.20. The number of nitrogen functional groups attached to an aromatic ring is 1. The third kappa shape index (κ3) is 2.06. The quantitative estimate of drug-likeness (QED) is 0.791. The van der Waals surface area contributed by atoms with Gasteiger partial charge >= 0.3 is 0 Å². The average molecular weight is 286 g/mol. The molecular formula is C15H14N2O2S. The standard InChI is InChI=1S/C15H14N2O2S/c1-9-4-3-5-10(8-9)12-13(19-17-15(12)16)14-11(18-2)6-7-20-14/h3-8H,1-2H3,(H2,16,17). The summed E-state index contributed by atoms with van der Waals surface area (Å²) in [6.45, 7) is 2.04. The number of ether oxygens (including phenoxy) is 1. The highest BCUT2D eigenvalue weighted by molar-refractivity contribution is 7.14. The van der Waals surface area contributed by atoms with E-state index in [-0.39, 0.29) is 0 Å². The molecule has 0 amide bonds. The molecule has 0 saturated carbocycles. The summed E-state index contributed by atoms with van der Waals surface area (Å²) in [6, 6.07) is 10.00. The van der Waals surface area contributed by atoms with Crippen molar-refractivity contribution in [1.29, 1.82) is 0 Å². The number of benzene rings is 1. The van der Waals surface area contributed by atoms with Gasteiger partial charge in [0.2, 0.25) is 0 Å². The van der Waals surface area contributed by atoms with Crippen LogP contribution in [-0.2, 0) is 0 Å². The second-order valence-electron chi connectivity index (χ2n) is 4.46. The van der Waals surface area contributed by atoms with E-state index in [1.54, 1.807) is 7.11 Å². The molecule has 2 heterocycles. The van der Waals surface area contributed by atoms with E-state index in [0.29, 0.717) is 11.6 Å². The van der Waals surface area contributed by atoms with Crippen LogP contribution in [0.4, 0.5) is 5.82 Å². The number of methoxy groups -OCH3 is 1. The summed E-state index contributed by atoms with van der Waals surface area (Å²) < 4.78 is 10.8. The molecule has 3 rings (SSSR count). The van der Waals surface area contributed by atoms with Crippen molar-refractivity contribution in [3.8, 4) is 27.5 Å². The molecule has 5 heteroatoms. The van der Waals surface area contributed by atoms with Gasteiger partial charge in [0, 0.05) is 0 Å². The summed E-state index contributed by atoms with van der Waals surface area (Å²) in [7, 11) is 1.64. The van der Waals surface area contributed by atoms with E-state index in [2.05, 4.69) is 11.2 Å². The van der Waals surface area contributed by atoms with Crippen LogP contribution >= 0.6 is 11.3 Å². The van der Waals surface area contributed by atoms with E-state index < -0.39 is 0 Å². The number of anilines is 1. The number of hydrogen-bond acceptors (Lipinski definition) is 5. The Morgan fingerprint density at radius 2 is 2.15 bits per heavy atom. The topological polar surface area (TPSA) is 61.3 Å². The van der Waals surface area contributed by atoms with Crippen molar-refractivity contribution >= 4 is 17.2 Å². The SMILES string of the molecule is COc1ccsc1-c1onc(N)c1-c1cccc(C)c1. The molecule has 102 valence electrons. The molecule has 0 fully saturated rings. The Bertz CT molecular complexity index is 746. The second-order valence-corrected chi connectivity index (χ2v) is 5.38. The molecule has 0 radical (unpaired) electrons. The van der Waals surface area contributed by atoms with Gasteiger partial charge in [0.15, 0.2) is 11.6 Å². The summed E-state index contributed by atoms with van der Waals surface area (Å²) in [5, 5.41) is 5.86. The van der Waals surface area contributed by atoms with Crippen molar-refractivity contribution in [2.75, 3.05) is 12.8 Å². The predicted molar refractivity (Wildman–Crippen MR) is 81.0 cm³/mol. The second kappa shape index (κ2) is 5.02. The normalized spacial score (nSPS) is 10.7. The Morgan fingerprint density at radius 1 is 1.30 bits per heavy atom. The number of hydrogen-bond donors (Lipinski definition) is 1. The predicted octanol–water partition coefficient (Wildman–Crippen LogP) is 3.97. The number of aromatic nitrogens is 1. The van der Waals surface area contributed by atoms with Gasteiger partial charge in [-0.1, -0.05) is 35.0 Å². The van der Waals surface area contributed by atoms with Gasteiger partial charge in [-0.3, -0.25) is 0 Å². The van der Waals surface area contributed by atoms with Crippen molar-refractivity contribution < 1.29 is 9.26 Å². The third-order valence-electron chi connectivity index (χ3n) is 3.08. The van der Waals surface area contributed by atoms with E-state index in [1.165, 1.54) is 11.3 Å². The minimum absolute atomic E-state index is 0.390. The monoisotopic (exact) mass is 286 g/mol. The highest BCUT2D eigenvalue weighted by Crippen LogP contribution is 2.43. The first-order chi connectivity index (χ1) is 9.70. The van der Waals surface area contributed by atoms with Gasteiger partial charge in [-0.2, -0.15) is 0 Å². The fourth-order valence-electron chi connectivity index (χ4n) is 2.16. The van der Waals surface area contributed by atoms with Gasteiger partial charge in [0.05, 0.1) is 12.7 Å². The minimum Gasteiger partial charge on any atom is -0.495 e. The fraction of sp³-hybridized carbons (Fsp3) is 0.133. The number of thiophene rings is 1. The molecule has 0 atom stereocenters. The molecule has 2 N–H and O–H groups in total. The summed E-state index contributed by atoms with van der Waals surface area (Å²) in [5.41, 5.74) is 8.95. The highest BCUT2D eigenvalue weighted by Gasteiger charge is 2.21. The smallest absolute Gasteiger partial charge is 0.190 e. The van der Waals surface area contributed by atoms with Gasteiger partial charge in [0.1, 0.15) is 10.6 Å². The van der Waals surface area contributed by atoms with Gasteiger partial charge in [-0.05, 0) is 23.9 Å². The van der Waals surface area contributed by atoms with Crippen molar-refractivity contribution in [3.05, 3.63) is 41.3 Å². The first-order valence-corrected chi connectivity index (χ1v) is 7.02. The molecule has 1 aromatic carbocycles. The first-order valence-electron chi connectivity index (χ1n) is 6.14. The Labute approximate surface area is 120 Å². The van der Waals surface area contributed by atoms with Crippen LogP contribution in [-0.4, -0.2) is 12.3 Å². The van der Waals surface area contributed by atoms with Crippen molar-refractivity contribution in [1.82, 2.24) is 5.16 Å². The van der Waals surface area contributed by atoms with E-state index in [0.717, 1.165) is 27.3 Å². The maximum Gasteiger partial charge on any atom is 0.190 e. The van der Waals surface area contributed by atoms with Gasteiger partial charge in [-0.25, -0.2) is 0 Å². The largest absolute Gasteiger partial charge is 0.495 e. The summed E-state index contributed by atoms with van der Waals surface area (Å²) in [5.74, 6) is 1.81. The summed E-state index contributed by atoms with van der Waals surface area (Å²) in [6.07, 6.45) is 0. The molecular weight excluding hydrogens is 272 g/mol. The Kier molecular flexibility index (Phi) is 3.20. The number of aryl methyl sites for hydroxylation is 1. The minimum atomic E-state index is 0.390. The van der Waals surface area contributed by atoms with Gasteiger partial charge < -0.3 is 15.0 Å². The molecule has 3 aromatic rings. The van der Waals surface area contributed by atoms with Crippen LogP contribution in [0.25, 0.3) is 21.8 Å². The zero-order valence-electron chi connectivity index (χ0n) is 11.2. The summed E-state index contributed by atoms with van der Waals surface area (Å²) >= 11 is 1.54. The highest BCUT2D eigenvalue weighted by atomic mass is 32.1. The summed E-state index contributed by atoms with van der Waals surface area (Å²) in [4.78, 5) is 0.896. The lowest BCUT2D eigenvalue weighted by atomic mass is 10.0. The maximum absolute atomic E-state index is 5.98. The first kappa shape index (κ1) is 12.7. The van der Waals surface area contributed by atoms with Crippen LogP contribution in [0.3, 0.4) is 0 Å². The number of rotatable bonds is 3. The molecule has 2 aromatic heterocycles. The van der Waals surface area contributed by atoms with Crippen LogP contribution in [0.2, 0.25) is 0 Å². The molecule has 4 nitrogen and oxygen atoms in total. The Hall–Kier alpha value is -2.27. The van der Waals surface area contributed by atoms with Crippen molar-refractivity contribution in [2.24, 2.45) is 0 Å². The molecule has 20 heavy (non-hydrogen) atoms. The van der Waals surface area contributed by atoms with Crippen LogP contribution < -0.4 is 10.5 Å². The molecule has 0 spiro atoms. The molecule has 0 aliphatic heterocycles. The third-order valence-corrected chi connectivity index (χ3v) is 3.97. The van der Waals surface area contributed by atoms with E-state index in [1.807, 2.05) is 36.6 Å². The van der Waals surface area contributed by atoms with Crippen LogP contribution in [0.1, 0.15) is 5.56 Å². The van der Waals surface area contributed by atoms with Crippen LogP contribution in [0.5, 0.6) is 5.75 Å². The lowest BCUT2D eigenvalue weighted by Gasteiger charge is -2.04. The molecule has 0 bridgehead atoms. The van der Waals surface area contributed by atoms with E-state index in [4.69, 9.17) is 15.0 Å². The van der Waals surface area contributed by atoms with Crippen molar-refractivity contribution in [2.45, 2.75) is 6.92 Å².